The summed E-state index contributed by atoms with van der Waals surface area (Å²) in [4.78, 5) is 92.2. The molecule has 0 radical (unpaired) electrons. The van der Waals surface area contributed by atoms with Crippen molar-refractivity contribution < 1.29 is 42.3 Å². The molecule has 2 heterocycles. The van der Waals surface area contributed by atoms with E-state index in [1.165, 1.54) is 23.5 Å². The van der Waals surface area contributed by atoms with E-state index in [9.17, 15) is 37.5 Å². The number of hydrogen-bond acceptors (Lipinski definition) is 9. The lowest BCUT2D eigenvalue weighted by molar-refractivity contribution is -0.147. The van der Waals surface area contributed by atoms with Crippen LogP contribution in [0.5, 0.6) is 5.75 Å². The number of nitrogens with zero attached hydrogens (tertiary/aromatic N) is 3. The minimum absolute atomic E-state index is 0.0184. The van der Waals surface area contributed by atoms with Gasteiger partial charge in [0.25, 0.3) is 5.91 Å². The minimum atomic E-state index is -1.08. The van der Waals surface area contributed by atoms with Crippen LogP contribution in [0.4, 0.5) is 8.78 Å². The molecule has 1 saturated heterocycles. The van der Waals surface area contributed by atoms with E-state index in [0.717, 1.165) is 57.1 Å². The van der Waals surface area contributed by atoms with Gasteiger partial charge in [0.1, 0.15) is 29.2 Å². The van der Waals surface area contributed by atoms with Crippen molar-refractivity contribution in [3.8, 4) is 5.75 Å². The van der Waals surface area contributed by atoms with Crippen molar-refractivity contribution in [2.75, 3.05) is 6.54 Å². The minimum Gasteiger partial charge on any atom is -0.488 e. The molecule has 1 aromatic heterocycles. The van der Waals surface area contributed by atoms with E-state index >= 15 is 0 Å². The number of benzene rings is 1. The largest absolute Gasteiger partial charge is 0.488 e. The van der Waals surface area contributed by atoms with Gasteiger partial charge in [-0.2, -0.15) is 0 Å². The van der Waals surface area contributed by atoms with Gasteiger partial charge < -0.3 is 15.0 Å². The Morgan fingerprint density at radius 1 is 0.945 bits per heavy atom. The molecule has 0 unspecified atom stereocenters. The third-order valence-electron chi connectivity index (χ3n) is 11.3. The number of amides is 2. The molecular weight excluding hydrogens is 710 g/mol. The zero-order chi connectivity index (χ0) is 39.9. The zero-order valence-electron chi connectivity index (χ0n) is 32.4. The van der Waals surface area contributed by atoms with Crippen LogP contribution in [-0.4, -0.2) is 74.5 Å². The van der Waals surface area contributed by atoms with E-state index in [-0.39, 0.29) is 61.3 Å². The van der Waals surface area contributed by atoms with Crippen LogP contribution >= 0.6 is 0 Å². The smallest absolute Gasteiger partial charge is 0.272 e. The Morgan fingerprint density at radius 2 is 1.64 bits per heavy atom. The Labute approximate surface area is 321 Å². The normalized spacial score (nSPS) is 20.7. The van der Waals surface area contributed by atoms with Gasteiger partial charge in [-0.25, -0.2) is 13.8 Å². The maximum atomic E-state index is 14.8. The van der Waals surface area contributed by atoms with Crippen LogP contribution in [0.25, 0.3) is 0 Å². The summed E-state index contributed by atoms with van der Waals surface area (Å²) in [5, 5.41) is 2.90. The fourth-order valence-corrected chi connectivity index (χ4v) is 8.04. The van der Waals surface area contributed by atoms with Gasteiger partial charge in [-0.05, 0) is 49.4 Å². The molecule has 0 bridgehead atoms. The molecule has 0 spiro atoms. The van der Waals surface area contributed by atoms with Crippen LogP contribution in [0, 0.1) is 40.7 Å². The first-order valence-corrected chi connectivity index (χ1v) is 19.8. The Kier molecular flexibility index (Phi) is 14.0. The van der Waals surface area contributed by atoms with E-state index in [0.29, 0.717) is 18.9 Å². The molecule has 11 nitrogen and oxygen atoms in total. The second-order valence-electron chi connectivity index (χ2n) is 16.7. The first kappa shape index (κ1) is 41.7. The summed E-state index contributed by atoms with van der Waals surface area (Å²) in [5.41, 5.74) is -0.719. The molecule has 298 valence electrons. The van der Waals surface area contributed by atoms with E-state index in [2.05, 4.69) is 15.3 Å². The molecule has 2 aromatic rings. The Bertz CT molecular complexity index is 1700. The fraction of sp³-hybridized carbons (Fsp3) is 0.619. The first-order valence-electron chi connectivity index (χ1n) is 19.8. The highest BCUT2D eigenvalue weighted by molar-refractivity contribution is 6.38. The lowest BCUT2D eigenvalue weighted by atomic mass is 9.74. The molecule has 5 rings (SSSR count). The average molecular weight is 765 g/mol. The third kappa shape index (κ3) is 11.3. The predicted molar refractivity (Wildman–Crippen MR) is 199 cm³/mol. The maximum absolute atomic E-state index is 14.8. The molecule has 1 aromatic carbocycles. The highest BCUT2D eigenvalue weighted by Crippen LogP contribution is 2.37. The number of ether oxygens (including phenoxy) is 1. The standard InChI is InChI=1S/C42H54F2N4O7/c1-5-9-27(39(52)37(51)16-25-12-13-25)17-35(49)34-21-31(55-30-19-28(43)18-29(44)20-30)24-48(34)41(54)32(42(2,3)4)22-36(50)38(26-10-7-6-8-11-26)47-40(53)33-23-45-14-15-46-33/h14-15,18-20,23,25-27,31-32,34,38H,5-13,16-17,21-22,24H2,1-4H3,(H,47,53)/t27-,31-,32-,34+,38+/m1/s1. The summed E-state index contributed by atoms with van der Waals surface area (Å²) >= 11 is 0. The topological polar surface area (TPSA) is 153 Å². The number of ketones is 4. The van der Waals surface area contributed by atoms with Crippen molar-refractivity contribution in [1.29, 1.82) is 0 Å². The van der Waals surface area contributed by atoms with Gasteiger partial charge in [0.05, 0.1) is 24.8 Å². The van der Waals surface area contributed by atoms with Gasteiger partial charge in [0, 0.05) is 68.1 Å². The summed E-state index contributed by atoms with van der Waals surface area (Å²) in [7, 11) is 0. The SMILES string of the molecule is CCC[C@H](CC(=O)[C@@H]1C[C@@H](Oc2cc(F)cc(F)c2)CN1C(=O)[C@@H](CC(=O)[C@@H](NC(=O)c1cnccn1)C1CCCCC1)C(C)(C)C)C(=O)C(=O)CC1CC1. The quantitative estimate of drug-likeness (QED) is 0.170. The van der Waals surface area contributed by atoms with Crippen molar-refractivity contribution >= 4 is 34.9 Å². The van der Waals surface area contributed by atoms with Crippen molar-refractivity contribution in [2.45, 2.75) is 129 Å². The predicted octanol–water partition coefficient (Wildman–Crippen LogP) is 6.42. The van der Waals surface area contributed by atoms with E-state index in [1.807, 2.05) is 27.7 Å². The second kappa shape index (κ2) is 18.5. The highest BCUT2D eigenvalue weighted by atomic mass is 19.1. The number of aromatic nitrogens is 2. The molecule has 5 atom stereocenters. The lowest BCUT2D eigenvalue weighted by Gasteiger charge is -2.36. The molecule has 3 fully saturated rings. The number of likely N-dealkylation sites (tertiary alicyclic amines) is 1. The Morgan fingerprint density at radius 3 is 2.24 bits per heavy atom. The van der Waals surface area contributed by atoms with Crippen LogP contribution in [0.1, 0.15) is 122 Å². The van der Waals surface area contributed by atoms with E-state index in [4.69, 9.17) is 4.74 Å². The van der Waals surface area contributed by atoms with Crippen LogP contribution in [0.15, 0.2) is 36.8 Å². The van der Waals surface area contributed by atoms with E-state index in [1.54, 1.807) is 0 Å². The number of rotatable bonds is 18. The average Bonchev–Trinajstić information content (AvgIpc) is 3.86. The van der Waals surface area contributed by atoms with Gasteiger partial charge in [0.2, 0.25) is 11.7 Å². The summed E-state index contributed by atoms with van der Waals surface area (Å²) < 4.78 is 34.2. The molecule has 1 aliphatic heterocycles. The molecule has 13 heteroatoms. The van der Waals surface area contributed by atoms with Gasteiger partial charge in [-0.15, -0.1) is 0 Å². The molecule has 3 aliphatic rings. The number of carbonyl (C=O) groups is 6. The van der Waals surface area contributed by atoms with Gasteiger partial charge in [-0.3, -0.25) is 33.8 Å². The molecule has 2 aliphatic carbocycles. The van der Waals surface area contributed by atoms with Gasteiger partial charge in [0.15, 0.2) is 17.3 Å². The van der Waals surface area contributed by atoms with Crippen molar-refractivity contribution in [1.82, 2.24) is 20.2 Å². The molecule has 55 heavy (non-hydrogen) atoms. The van der Waals surface area contributed by atoms with Crippen molar-refractivity contribution in [3.63, 3.8) is 0 Å². The van der Waals surface area contributed by atoms with Crippen molar-refractivity contribution in [2.24, 2.45) is 29.1 Å². The first-order chi connectivity index (χ1) is 26.1. The summed E-state index contributed by atoms with van der Waals surface area (Å²) in [6, 6.07) is 0.788. The van der Waals surface area contributed by atoms with Gasteiger partial charge >= 0.3 is 0 Å². The number of Topliss-reactive ketones (excluding diaryl/α,β-unsaturated/α-hetero) is 4. The second-order valence-corrected chi connectivity index (χ2v) is 16.7. The molecule has 2 saturated carbocycles. The van der Waals surface area contributed by atoms with Gasteiger partial charge in [-0.1, -0.05) is 53.4 Å². The lowest BCUT2D eigenvalue weighted by Crippen LogP contribution is -2.51. The van der Waals surface area contributed by atoms with Crippen LogP contribution < -0.4 is 10.1 Å². The Hall–Kier alpha value is -4.42. The molecule has 1 N–H and O–H groups in total. The number of nitrogens with one attached hydrogen (secondary N) is 1. The number of hydrogen-bond donors (Lipinski definition) is 1. The Balaban J connectivity index is 1.41. The maximum Gasteiger partial charge on any atom is 0.272 e. The summed E-state index contributed by atoms with van der Waals surface area (Å²) in [6.45, 7) is 7.23. The third-order valence-corrected chi connectivity index (χ3v) is 11.3. The monoisotopic (exact) mass is 764 g/mol. The van der Waals surface area contributed by atoms with E-state index < -0.39 is 76.2 Å². The van der Waals surface area contributed by atoms with Crippen LogP contribution in [0.2, 0.25) is 0 Å². The zero-order valence-corrected chi connectivity index (χ0v) is 32.4. The fourth-order valence-electron chi connectivity index (χ4n) is 8.04. The summed E-state index contributed by atoms with van der Waals surface area (Å²) in [6.07, 6.45) is 9.97. The number of halogens is 2. The molecular formula is C42H54F2N4O7. The highest BCUT2D eigenvalue weighted by Gasteiger charge is 2.47. The van der Waals surface area contributed by atoms with Crippen LogP contribution in [0.3, 0.4) is 0 Å². The van der Waals surface area contributed by atoms with Crippen molar-refractivity contribution in [3.05, 3.63) is 54.1 Å². The number of carbonyl (C=O) groups excluding carboxylic acids is 6. The summed E-state index contributed by atoms with van der Waals surface area (Å²) in [5.74, 6) is -6.34. The van der Waals surface area contributed by atoms with Crippen LogP contribution in [-0.2, 0) is 24.0 Å². The molecule has 2 amide bonds.